The molecule has 0 saturated carbocycles. The van der Waals surface area contributed by atoms with E-state index in [2.05, 4.69) is 16.6 Å². The Morgan fingerprint density at radius 1 is 1.00 bits per heavy atom. The molecular formula is C18H14F5NO3S. The second-order valence-corrected chi connectivity index (χ2v) is 7.30. The van der Waals surface area contributed by atoms with Crippen LogP contribution in [0.2, 0.25) is 0 Å². The van der Waals surface area contributed by atoms with Gasteiger partial charge < -0.3 is 4.74 Å². The van der Waals surface area contributed by atoms with E-state index in [0.29, 0.717) is 6.07 Å². The first-order chi connectivity index (χ1) is 13.1. The molecule has 0 aromatic heterocycles. The highest BCUT2D eigenvalue weighted by molar-refractivity contribution is 7.88. The van der Waals surface area contributed by atoms with E-state index < -0.39 is 39.2 Å². The SMILES string of the molecule is O=S(=O)(Cc1ccc(C(F)(F)F)cc1)NCC#CCOc1ccc(F)cc1F. The van der Waals surface area contributed by atoms with Crippen molar-refractivity contribution in [1.82, 2.24) is 4.72 Å². The Morgan fingerprint density at radius 2 is 1.68 bits per heavy atom. The Morgan fingerprint density at radius 3 is 2.29 bits per heavy atom. The molecule has 0 radical (unpaired) electrons. The van der Waals surface area contributed by atoms with E-state index in [-0.39, 0.29) is 24.5 Å². The Labute approximate surface area is 158 Å². The maximum Gasteiger partial charge on any atom is 0.416 e. The number of nitrogens with one attached hydrogen (secondary N) is 1. The van der Waals surface area contributed by atoms with Gasteiger partial charge in [-0.25, -0.2) is 21.9 Å². The monoisotopic (exact) mass is 419 g/mol. The minimum absolute atomic E-state index is 0.184. The molecule has 28 heavy (non-hydrogen) atoms. The molecule has 0 fully saturated rings. The summed E-state index contributed by atoms with van der Waals surface area (Å²) in [5.74, 6) is 2.55. The summed E-state index contributed by atoms with van der Waals surface area (Å²) >= 11 is 0. The Kier molecular flexibility index (Phi) is 6.99. The van der Waals surface area contributed by atoms with E-state index in [1.54, 1.807) is 0 Å². The molecule has 10 heteroatoms. The fourth-order valence-electron chi connectivity index (χ4n) is 2.03. The van der Waals surface area contributed by atoms with Crippen molar-refractivity contribution in [1.29, 1.82) is 0 Å². The van der Waals surface area contributed by atoms with Crippen LogP contribution in [-0.4, -0.2) is 21.6 Å². The molecule has 0 aliphatic carbocycles. The molecule has 0 amide bonds. The van der Waals surface area contributed by atoms with Gasteiger partial charge in [0.05, 0.1) is 17.9 Å². The van der Waals surface area contributed by atoms with Gasteiger partial charge in [0.15, 0.2) is 11.6 Å². The number of hydrogen-bond donors (Lipinski definition) is 1. The summed E-state index contributed by atoms with van der Waals surface area (Å²) in [6, 6.07) is 6.53. The summed E-state index contributed by atoms with van der Waals surface area (Å²) in [6.45, 7) is -0.512. The zero-order valence-electron chi connectivity index (χ0n) is 14.2. The van der Waals surface area contributed by atoms with Crippen molar-refractivity contribution in [3.05, 3.63) is 65.2 Å². The van der Waals surface area contributed by atoms with Gasteiger partial charge in [-0.3, -0.25) is 0 Å². The largest absolute Gasteiger partial charge is 0.478 e. The molecule has 2 aromatic carbocycles. The first kappa shape index (κ1) is 21.7. The molecule has 4 nitrogen and oxygen atoms in total. The van der Waals surface area contributed by atoms with E-state index in [1.807, 2.05) is 0 Å². The standard InChI is InChI=1S/C18H14F5NO3S/c19-15-7-8-17(16(20)11-15)27-10-2-1-9-24-28(25,26)12-13-3-5-14(6-4-13)18(21,22)23/h3-8,11,24H,9-10,12H2. The number of benzene rings is 2. The molecule has 0 heterocycles. The lowest BCUT2D eigenvalue weighted by Crippen LogP contribution is -2.25. The fourth-order valence-corrected chi connectivity index (χ4v) is 3.05. The van der Waals surface area contributed by atoms with Crippen LogP contribution in [0.15, 0.2) is 42.5 Å². The predicted molar refractivity (Wildman–Crippen MR) is 91.7 cm³/mol. The first-order valence-corrected chi connectivity index (χ1v) is 9.39. The van der Waals surface area contributed by atoms with Crippen molar-refractivity contribution < 1.29 is 35.1 Å². The smallest absolute Gasteiger partial charge is 0.416 e. The zero-order valence-corrected chi connectivity index (χ0v) is 15.0. The van der Waals surface area contributed by atoms with E-state index in [0.717, 1.165) is 36.4 Å². The highest BCUT2D eigenvalue weighted by atomic mass is 32.2. The average molecular weight is 419 g/mol. The lowest BCUT2D eigenvalue weighted by atomic mass is 10.1. The third-order valence-electron chi connectivity index (χ3n) is 3.34. The average Bonchev–Trinajstić information content (AvgIpc) is 2.59. The van der Waals surface area contributed by atoms with Gasteiger partial charge in [0.25, 0.3) is 0 Å². The van der Waals surface area contributed by atoms with Gasteiger partial charge in [-0.1, -0.05) is 24.0 Å². The predicted octanol–water partition coefficient (Wildman–Crippen LogP) is 3.49. The minimum Gasteiger partial charge on any atom is -0.478 e. The number of sulfonamides is 1. The molecule has 0 saturated heterocycles. The van der Waals surface area contributed by atoms with Crippen molar-refractivity contribution >= 4 is 10.0 Å². The summed E-state index contributed by atoms with van der Waals surface area (Å²) in [6.07, 6.45) is -4.50. The zero-order chi connectivity index (χ0) is 20.8. The van der Waals surface area contributed by atoms with Crippen LogP contribution in [0.3, 0.4) is 0 Å². The summed E-state index contributed by atoms with van der Waals surface area (Å²) in [5.41, 5.74) is -0.686. The summed E-state index contributed by atoms with van der Waals surface area (Å²) < 4.78 is 94.4. The number of hydrogen-bond acceptors (Lipinski definition) is 3. The van der Waals surface area contributed by atoms with Crippen LogP contribution in [0.4, 0.5) is 22.0 Å². The lowest BCUT2D eigenvalue weighted by molar-refractivity contribution is -0.137. The fraction of sp³-hybridized carbons (Fsp3) is 0.222. The molecule has 150 valence electrons. The van der Waals surface area contributed by atoms with Crippen LogP contribution >= 0.6 is 0 Å². The molecule has 0 unspecified atom stereocenters. The van der Waals surface area contributed by atoms with Crippen LogP contribution in [0, 0.1) is 23.5 Å². The first-order valence-electron chi connectivity index (χ1n) is 7.74. The van der Waals surface area contributed by atoms with Crippen molar-refractivity contribution in [3.63, 3.8) is 0 Å². The minimum atomic E-state index is -4.50. The normalized spacial score (nSPS) is 11.6. The highest BCUT2D eigenvalue weighted by Crippen LogP contribution is 2.29. The van der Waals surface area contributed by atoms with Crippen LogP contribution in [0.1, 0.15) is 11.1 Å². The summed E-state index contributed by atoms with van der Waals surface area (Å²) in [7, 11) is -3.81. The molecule has 0 aliphatic rings. The highest BCUT2D eigenvalue weighted by Gasteiger charge is 2.30. The molecule has 0 spiro atoms. The van der Waals surface area contributed by atoms with Gasteiger partial charge in [0, 0.05) is 6.07 Å². The van der Waals surface area contributed by atoms with Gasteiger partial charge in [-0.15, -0.1) is 0 Å². The molecule has 0 bridgehead atoms. The molecule has 0 aliphatic heterocycles. The number of alkyl halides is 3. The van der Waals surface area contributed by atoms with Gasteiger partial charge >= 0.3 is 6.18 Å². The van der Waals surface area contributed by atoms with Gasteiger partial charge in [0.1, 0.15) is 12.4 Å². The van der Waals surface area contributed by atoms with E-state index >= 15 is 0 Å². The van der Waals surface area contributed by atoms with Crippen LogP contribution in [0.25, 0.3) is 0 Å². The lowest BCUT2D eigenvalue weighted by Gasteiger charge is -2.08. The van der Waals surface area contributed by atoms with Crippen molar-refractivity contribution in [2.45, 2.75) is 11.9 Å². The van der Waals surface area contributed by atoms with Crippen LogP contribution < -0.4 is 9.46 Å². The number of halogens is 5. The van der Waals surface area contributed by atoms with Gasteiger partial charge in [-0.2, -0.15) is 13.2 Å². The van der Waals surface area contributed by atoms with Crippen molar-refractivity contribution in [2.75, 3.05) is 13.2 Å². The molecule has 0 atom stereocenters. The maximum absolute atomic E-state index is 13.3. The molecular weight excluding hydrogens is 405 g/mol. The maximum atomic E-state index is 13.3. The second-order valence-electron chi connectivity index (χ2n) is 5.49. The van der Waals surface area contributed by atoms with Crippen LogP contribution in [-0.2, 0) is 22.0 Å². The third-order valence-corrected chi connectivity index (χ3v) is 4.63. The third kappa shape index (κ3) is 6.83. The molecule has 2 aromatic rings. The van der Waals surface area contributed by atoms with E-state index in [4.69, 9.17) is 4.74 Å². The summed E-state index contributed by atoms with van der Waals surface area (Å²) in [4.78, 5) is 0. The quantitative estimate of drug-likeness (QED) is 0.576. The number of rotatable bonds is 6. The Bertz CT molecular complexity index is 977. The molecule has 1 N–H and O–H groups in total. The van der Waals surface area contributed by atoms with Gasteiger partial charge in [-0.05, 0) is 29.8 Å². The Balaban J connectivity index is 1.81. The number of ether oxygens (including phenoxy) is 1. The second kappa shape index (κ2) is 9.03. The van der Waals surface area contributed by atoms with Crippen molar-refractivity contribution in [3.8, 4) is 17.6 Å². The van der Waals surface area contributed by atoms with Gasteiger partial charge in [0.2, 0.25) is 10.0 Å². The van der Waals surface area contributed by atoms with Crippen LogP contribution in [0.5, 0.6) is 5.75 Å². The Hall–Kier alpha value is -2.64. The topological polar surface area (TPSA) is 55.4 Å². The van der Waals surface area contributed by atoms with Crippen molar-refractivity contribution in [2.24, 2.45) is 0 Å². The van der Waals surface area contributed by atoms with E-state index in [9.17, 15) is 30.4 Å². The van der Waals surface area contributed by atoms with E-state index in [1.165, 1.54) is 0 Å². The summed E-state index contributed by atoms with van der Waals surface area (Å²) in [5, 5.41) is 0. The molecule has 2 rings (SSSR count).